The third-order valence-corrected chi connectivity index (χ3v) is 4.21. The average molecular weight is 281 g/mol. The molecule has 0 bridgehead atoms. The minimum absolute atomic E-state index is 0.135. The second-order valence-electron chi connectivity index (χ2n) is 5.88. The number of hydrogen-bond acceptors (Lipinski definition) is 2. The van der Waals surface area contributed by atoms with Crippen LogP contribution in [-0.4, -0.2) is 22.5 Å². The van der Waals surface area contributed by atoms with E-state index in [2.05, 4.69) is 11.6 Å². The number of carbonyl (C=O) groups is 1. The number of imidazole rings is 1. The van der Waals surface area contributed by atoms with Gasteiger partial charge in [0.05, 0.1) is 11.7 Å². The van der Waals surface area contributed by atoms with Crippen LogP contribution in [0.2, 0.25) is 0 Å². The molecule has 0 radical (unpaired) electrons. The number of nitrogens with zero attached hydrogens (tertiary/aromatic N) is 3. The van der Waals surface area contributed by atoms with E-state index in [-0.39, 0.29) is 5.91 Å². The van der Waals surface area contributed by atoms with Gasteiger partial charge in [0, 0.05) is 31.7 Å². The Kier molecular flexibility index (Phi) is 3.16. The van der Waals surface area contributed by atoms with Gasteiger partial charge in [0.2, 0.25) is 5.91 Å². The molecule has 0 spiro atoms. The van der Waals surface area contributed by atoms with E-state index in [0.717, 1.165) is 16.8 Å². The summed E-state index contributed by atoms with van der Waals surface area (Å²) in [6, 6.07) is 8.00. The van der Waals surface area contributed by atoms with Crippen LogP contribution in [0, 0.1) is 0 Å². The minimum atomic E-state index is -0.525. The Labute approximate surface area is 124 Å². The van der Waals surface area contributed by atoms with Crippen molar-refractivity contribution in [1.29, 1.82) is 0 Å². The highest BCUT2D eigenvalue weighted by atomic mass is 16.2. The van der Waals surface area contributed by atoms with E-state index >= 15 is 0 Å². The first-order valence-electron chi connectivity index (χ1n) is 7.02. The largest absolute Gasteiger partial charge is 0.333 e. The van der Waals surface area contributed by atoms with Gasteiger partial charge in [-0.25, -0.2) is 4.98 Å². The third-order valence-electron chi connectivity index (χ3n) is 4.21. The lowest BCUT2D eigenvalue weighted by molar-refractivity contribution is -0.122. The predicted octanol–water partition coefficient (Wildman–Crippen LogP) is 2.76. The molecule has 4 heteroatoms. The summed E-state index contributed by atoms with van der Waals surface area (Å²) in [6.07, 6.45) is 6.07. The Balaban J connectivity index is 1.87. The summed E-state index contributed by atoms with van der Waals surface area (Å²) in [6.45, 7) is 6.85. The zero-order valence-corrected chi connectivity index (χ0v) is 12.4. The molecule has 2 heterocycles. The van der Waals surface area contributed by atoms with E-state index < -0.39 is 5.41 Å². The second-order valence-corrected chi connectivity index (χ2v) is 5.88. The van der Waals surface area contributed by atoms with Crippen LogP contribution in [0.15, 0.2) is 55.1 Å². The lowest BCUT2D eigenvalue weighted by Crippen LogP contribution is -2.36. The molecule has 0 saturated heterocycles. The molecule has 0 fully saturated rings. The van der Waals surface area contributed by atoms with Gasteiger partial charge in [-0.1, -0.05) is 30.4 Å². The summed E-state index contributed by atoms with van der Waals surface area (Å²) < 4.78 is 1.97. The standard InChI is InChI=1S/C17H19N3O/c1-13(11-20-9-8-18-12-20)10-17(2)14-6-4-5-7-15(14)19(3)16(17)21/h4-9,12H,1,10-11H2,2-3H3. The molecule has 21 heavy (non-hydrogen) atoms. The van der Waals surface area contributed by atoms with Crippen molar-refractivity contribution in [3.8, 4) is 0 Å². The lowest BCUT2D eigenvalue weighted by atomic mass is 9.78. The number of carbonyl (C=O) groups excluding carboxylic acids is 1. The molecule has 1 amide bonds. The SMILES string of the molecule is C=C(Cn1ccnc1)CC1(C)C(=O)N(C)c2ccccc21. The maximum atomic E-state index is 12.7. The molecule has 4 nitrogen and oxygen atoms in total. The Bertz CT molecular complexity index is 690. The van der Waals surface area contributed by atoms with Crippen molar-refractivity contribution in [2.45, 2.75) is 25.3 Å². The molecular formula is C17H19N3O. The number of amides is 1. The molecule has 1 aromatic carbocycles. The van der Waals surface area contributed by atoms with Crippen molar-refractivity contribution in [3.63, 3.8) is 0 Å². The van der Waals surface area contributed by atoms with Crippen molar-refractivity contribution in [2.75, 3.05) is 11.9 Å². The number of likely N-dealkylation sites (N-methyl/N-ethyl adjacent to an activating group) is 1. The van der Waals surface area contributed by atoms with Crippen LogP contribution in [0.1, 0.15) is 18.9 Å². The number of rotatable bonds is 4. The molecular weight excluding hydrogens is 262 g/mol. The van der Waals surface area contributed by atoms with Gasteiger partial charge in [0.25, 0.3) is 0 Å². The van der Waals surface area contributed by atoms with E-state index in [0.29, 0.717) is 13.0 Å². The summed E-state index contributed by atoms with van der Waals surface area (Å²) in [5.41, 5.74) is 2.59. The first-order valence-corrected chi connectivity index (χ1v) is 7.02. The lowest BCUT2D eigenvalue weighted by Gasteiger charge is -2.24. The number of hydrogen-bond donors (Lipinski definition) is 0. The molecule has 0 N–H and O–H groups in total. The fraction of sp³-hybridized carbons (Fsp3) is 0.294. The van der Waals surface area contributed by atoms with Crippen LogP contribution < -0.4 is 4.90 Å². The number of para-hydroxylation sites is 1. The molecule has 0 saturated carbocycles. The van der Waals surface area contributed by atoms with Crippen LogP contribution in [0.25, 0.3) is 0 Å². The van der Waals surface area contributed by atoms with E-state index in [4.69, 9.17) is 0 Å². The highest BCUT2D eigenvalue weighted by Crippen LogP contribution is 2.44. The maximum Gasteiger partial charge on any atom is 0.237 e. The fourth-order valence-electron chi connectivity index (χ4n) is 3.19. The number of aromatic nitrogens is 2. The first-order chi connectivity index (χ1) is 10.0. The van der Waals surface area contributed by atoms with Gasteiger partial charge in [0.1, 0.15) is 0 Å². The van der Waals surface area contributed by atoms with Crippen LogP contribution in [0.3, 0.4) is 0 Å². The molecule has 3 rings (SSSR count). The van der Waals surface area contributed by atoms with E-state index in [9.17, 15) is 4.79 Å². The van der Waals surface area contributed by atoms with Gasteiger partial charge in [-0.2, -0.15) is 0 Å². The molecule has 1 aliphatic heterocycles. The molecule has 2 aromatic rings. The quantitative estimate of drug-likeness (QED) is 0.808. The molecule has 1 unspecified atom stereocenters. The number of anilines is 1. The van der Waals surface area contributed by atoms with Crippen LogP contribution >= 0.6 is 0 Å². The zero-order chi connectivity index (χ0) is 15.0. The van der Waals surface area contributed by atoms with Crippen LogP contribution in [0.5, 0.6) is 0 Å². The van der Waals surface area contributed by atoms with Crippen LogP contribution in [-0.2, 0) is 16.8 Å². The second kappa shape index (κ2) is 4.88. The summed E-state index contributed by atoms with van der Waals surface area (Å²) in [7, 11) is 1.84. The molecule has 108 valence electrons. The number of benzene rings is 1. The first kappa shape index (κ1) is 13.6. The third kappa shape index (κ3) is 2.17. The highest BCUT2D eigenvalue weighted by molar-refractivity contribution is 6.07. The molecule has 1 aromatic heterocycles. The van der Waals surface area contributed by atoms with Gasteiger partial charge >= 0.3 is 0 Å². The Morgan fingerprint density at radius 3 is 2.86 bits per heavy atom. The topological polar surface area (TPSA) is 38.1 Å². The molecule has 1 atom stereocenters. The average Bonchev–Trinajstić information content (AvgIpc) is 3.03. The van der Waals surface area contributed by atoms with Gasteiger partial charge < -0.3 is 9.47 Å². The minimum Gasteiger partial charge on any atom is -0.333 e. The van der Waals surface area contributed by atoms with Gasteiger partial charge in [-0.05, 0) is 25.0 Å². The van der Waals surface area contributed by atoms with Crippen molar-refractivity contribution in [3.05, 3.63) is 60.7 Å². The predicted molar refractivity (Wildman–Crippen MR) is 83.2 cm³/mol. The fourth-order valence-corrected chi connectivity index (χ4v) is 3.19. The van der Waals surface area contributed by atoms with Gasteiger partial charge in [-0.15, -0.1) is 0 Å². The zero-order valence-electron chi connectivity index (χ0n) is 12.4. The summed E-state index contributed by atoms with van der Waals surface area (Å²) in [5, 5.41) is 0. The van der Waals surface area contributed by atoms with Crippen molar-refractivity contribution >= 4 is 11.6 Å². The van der Waals surface area contributed by atoms with Crippen molar-refractivity contribution in [2.24, 2.45) is 0 Å². The molecule has 0 aliphatic carbocycles. The van der Waals surface area contributed by atoms with E-state index in [1.165, 1.54) is 0 Å². The van der Waals surface area contributed by atoms with Crippen molar-refractivity contribution < 1.29 is 4.79 Å². The Hall–Kier alpha value is -2.36. The Morgan fingerprint density at radius 2 is 2.14 bits per heavy atom. The van der Waals surface area contributed by atoms with Gasteiger partial charge in [0.15, 0.2) is 0 Å². The van der Waals surface area contributed by atoms with E-state index in [1.807, 2.05) is 49.0 Å². The monoisotopic (exact) mass is 281 g/mol. The van der Waals surface area contributed by atoms with Crippen molar-refractivity contribution in [1.82, 2.24) is 9.55 Å². The Morgan fingerprint density at radius 1 is 1.38 bits per heavy atom. The summed E-state index contributed by atoms with van der Waals surface area (Å²) in [4.78, 5) is 18.5. The van der Waals surface area contributed by atoms with Crippen LogP contribution in [0.4, 0.5) is 5.69 Å². The van der Waals surface area contributed by atoms with Gasteiger partial charge in [-0.3, -0.25) is 4.79 Å². The highest BCUT2D eigenvalue weighted by Gasteiger charge is 2.45. The summed E-state index contributed by atoms with van der Waals surface area (Å²) in [5.74, 6) is 0.135. The van der Waals surface area contributed by atoms with E-state index in [1.54, 1.807) is 17.4 Å². The smallest absolute Gasteiger partial charge is 0.237 e. The molecule has 1 aliphatic rings. The number of fused-ring (bicyclic) bond motifs is 1. The number of allylic oxidation sites excluding steroid dienone is 1. The maximum absolute atomic E-state index is 12.7. The summed E-state index contributed by atoms with van der Waals surface area (Å²) >= 11 is 0. The normalized spacial score (nSPS) is 20.7.